The van der Waals surface area contributed by atoms with Gasteiger partial charge in [-0.1, -0.05) is 30.3 Å². The number of hydrogen-bond acceptors (Lipinski definition) is 3. The van der Waals surface area contributed by atoms with Gasteiger partial charge in [-0.15, -0.1) is 11.8 Å². The zero-order valence-corrected chi connectivity index (χ0v) is 16.7. The summed E-state index contributed by atoms with van der Waals surface area (Å²) in [6.45, 7) is 6.88. The molecule has 0 saturated carbocycles. The van der Waals surface area contributed by atoms with Crippen molar-refractivity contribution in [2.75, 3.05) is 25.4 Å². The topological polar surface area (TPSA) is 46.7 Å². The largest absolute Gasteiger partial charge is 0.463 e. The first-order chi connectivity index (χ1) is 13.2. The monoisotopic (exact) mass is 383 g/mol. The Morgan fingerprint density at radius 2 is 1.85 bits per heavy atom. The minimum atomic E-state index is 0.0521. The molecular weight excluding hydrogens is 356 g/mol. The van der Waals surface area contributed by atoms with Gasteiger partial charge in [0.25, 0.3) is 0 Å². The quantitative estimate of drug-likeness (QED) is 0.557. The van der Waals surface area contributed by atoms with Gasteiger partial charge < -0.3 is 14.6 Å². The molecule has 2 N–H and O–H groups in total. The molecule has 1 aromatic heterocycles. The van der Waals surface area contributed by atoms with E-state index in [9.17, 15) is 4.79 Å². The van der Waals surface area contributed by atoms with Gasteiger partial charge >= 0.3 is 0 Å². The summed E-state index contributed by atoms with van der Waals surface area (Å²) in [5, 5.41) is 5.50. The molecule has 27 heavy (non-hydrogen) atoms. The van der Waals surface area contributed by atoms with Gasteiger partial charge in [0.2, 0.25) is 5.91 Å². The van der Waals surface area contributed by atoms with E-state index in [-0.39, 0.29) is 11.9 Å². The molecule has 1 atom stereocenters. The molecule has 4 nitrogen and oxygen atoms in total. The Balaban J connectivity index is 1.55. The Bertz CT molecular complexity index is 860. The van der Waals surface area contributed by atoms with E-state index in [2.05, 4.69) is 49.5 Å². The lowest BCUT2D eigenvalue weighted by Gasteiger charge is -2.25. The Labute approximate surface area is 164 Å². The first-order valence-electron chi connectivity index (χ1n) is 9.47. The molecular formula is C22H27N2O2S+. The smallest absolute Gasteiger partial charge is 0.230 e. The van der Waals surface area contributed by atoms with E-state index in [1.165, 1.54) is 15.7 Å². The molecule has 0 aliphatic carbocycles. The summed E-state index contributed by atoms with van der Waals surface area (Å²) in [6, 6.07) is 18.6. The van der Waals surface area contributed by atoms with Crippen molar-refractivity contribution < 1.29 is 14.1 Å². The molecule has 5 heteroatoms. The van der Waals surface area contributed by atoms with E-state index in [0.717, 1.165) is 23.7 Å². The number of furan rings is 1. The van der Waals surface area contributed by atoms with Gasteiger partial charge in [-0.05, 0) is 48.9 Å². The Hall–Kier alpha value is -2.24. The Kier molecular flexibility index (Phi) is 6.96. The summed E-state index contributed by atoms with van der Waals surface area (Å²) in [7, 11) is 0. The number of fused-ring (bicyclic) bond motifs is 1. The van der Waals surface area contributed by atoms with Crippen LogP contribution in [0.5, 0.6) is 0 Å². The van der Waals surface area contributed by atoms with E-state index in [0.29, 0.717) is 12.3 Å². The fraction of sp³-hybridized carbons (Fsp3) is 0.318. The summed E-state index contributed by atoms with van der Waals surface area (Å²) >= 11 is 1.57. The van der Waals surface area contributed by atoms with Crippen LogP contribution in [0.3, 0.4) is 0 Å². The van der Waals surface area contributed by atoms with Gasteiger partial charge in [-0.25, -0.2) is 0 Å². The number of likely N-dealkylation sites (N-methyl/N-ethyl adjacent to an activating group) is 1. The number of benzene rings is 2. The van der Waals surface area contributed by atoms with E-state index >= 15 is 0 Å². The summed E-state index contributed by atoms with van der Waals surface area (Å²) < 4.78 is 5.61. The molecule has 0 unspecified atom stereocenters. The molecule has 0 radical (unpaired) electrons. The van der Waals surface area contributed by atoms with Crippen LogP contribution in [0.1, 0.15) is 25.6 Å². The van der Waals surface area contributed by atoms with Crippen LogP contribution < -0.4 is 10.2 Å². The fourth-order valence-electron chi connectivity index (χ4n) is 3.35. The number of carbonyl (C=O) groups is 1. The molecule has 0 spiro atoms. The third kappa shape index (κ3) is 5.15. The molecule has 1 heterocycles. The SMILES string of the molecule is CC[NH+](CC)[C@@H](CNC(=O)CSc1ccc2ccccc2c1)c1ccco1. The van der Waals surface area contributed by atoms with Crippen LogP contribution in [-0.2, 0) is 4.79 Å². The standard InChI is InChI=1S/C22H26N2O2S/c1-3-24(4-2)20(21-10-7-13-26-21)15-23-22(25)16-27-19-12-11-17-8-5-6-9-18(17)14-19/h5-14,20H,3-4,15-16H2,1-2H3,(H,23,25)/p+1/t20-/m0/s1. The van der Waals surface area contributed by atoms with Gasteiger partial charge in [0.05, 0.1) is 31.7 Å². The van der Waals surface area contributed by atoms with Gasteiger partial charge in [-0.2, -0.15) is 0 Å². The van der Waals surface area contributed by atoms with Crippen LogP contribution in [0.25, 0.3) is 10.8 Å². The highest BCUT2D eigenvalue weighted by atomic mass is 32.2. The van der Waals surface area contributed by atoms with E-state index in [1.807, 2.05) is 24.3 Å². The highest BCUT2D eigenvalue weighted by molar-refractivity contribution is 8.00. The highest BCUT2D eigenvalue weighted by Crippen LogP contribution is 2.23. The van der Waals surface area contributed by atoms with Crippen LogP contribution in [0, 0.1) is 0 Å². The van der Waals surface area contributed by atoms with Gasteiger partial charge in [0, 0.05) is 4.90 Å². The van der Waals surface area contributed by atoms with Crippen molar-refractivity contribution >= 4 is 28.4 Å². The number of hydrogen-bond donors (Lipinski definition) is 2. The molecule has 3 rings (SSSR count). The maximum atomic E-state index is 12.4. The average molecular weight is 384 g/mol. The third-order valence-corrected chi connectivity index (χ3v) is 5.88. The second kappa shape index (κ2) is 9.62. The van der Waals surface area contributed by atoms with E-state index < -0.39 is 0 Å². The number of amides is 1. The summed E-state index contributed by atoms with van der Waals surface area (Å²) in [5.41, 5.74) is 0. The van der Waals surface area contributed by atoms with Crippen LogP contribution in [-0.4, -0.2) is 31.3 Å². The predicted octanol–water partition coefficient (Wildman–Crippen LogP) is 3.31. The lowest BCUT2D eigenvalue weighted by Crippen LogP contribution is -3.12. The fourth-order valence-corrected chi connectivity index (χ4v) is 4.13. The minimum Gasteiger partial charge on any atom is -0.463 e. The van der Waals surface area contributed by atoms with Crippen LogP contribution in [0.15, 0.2) is 70.2 Å². The molecule has 0 aliphatic heterocycles. The van der Waals surface area contributed by atoms with Gasteiger partial charge in [0.1, 0.15) is 0 Å². The molecule has 0 aliphatic rings. The van der Waals surface area contributed by atoms with Crippen molar-refractivity contribution in [1.29, 1.82) is 0 Å². The Morgan fingerprint density at radius 3 is 2.56 bits per heavy atom. The summed E-state index contributed by atoms with van der Waals surface area (Å²) in [6.07, 6.45) is 1.70. The normalized spacial score (nSPS) is 12.4. The molecule has 2 aromatic carbocycles. The van der Waals surface area contributed by atoms with E-state index in [1.54, 1.807) is 18.0 Å². The summed E-state index contributed by atoms with van der Waals surface area (Å²) in [5.74, 6) is 1.39. The molecule has 1 amide bonds. The van der Waals surface area contributed by atoms with E-state index in [4.69, 9.17) is 4.42 Å². The second-order valence-electron chi connectivity index (χ2n) is 6.54. The lowest BCUT2D eigenvalue weighted by atomic mass is 10.1. The third-order valence-electron chi connectivity index (χ3n) is 4.88. The first-order valence-corrected chi connectivity index (χ1v) is 10.5. The van der Waals surface area contributed by atoms with Crippen LogP contribution >= 0.6 is 11.8 Å². The number of thioether (sulfide) groups is 1. The van der Waals surface area contributed by atoms with Crippen LogP contribution in [0.4, 0.5) is 0 Å². The number of carbonyl (C=O) groups excluding carboxylic acids is 1. The maximum Gasteiger partial charge on any atom is 0.230 e. The van der Waals surface area contributed by atoms with Crippen molar-refractivity contribution in [2.45, 2.75) is 24.8 Å². The Morgan fingerprint density at radius 1 is 1.07 bits per heavy atom. The second-order valence-corrected chi connectivity index (χ2v) is 7.58. The molecule has 0 fully saturated rings. The van der Waals surface area contributed by atoms with Gasteiger partial charge in [-0.3, -0.25) is 4.79 Å². The number of quaternary nitrogens is 1. The zero-order valence-electron chi connectivity index (χ0n) is 15.9. The first kappa shape index (κ1) is 19.5. The zero-order chi connectivity index (χ0) is 19.1. The predicted molar refractivity (Wildman–Crippen MR) is 111 cm³/mol. The molecule has 3 aromatic rings. The lowest BCUT2D eigenvalue weighted by molar-refractivity contribution is -0.928. The van der Waals surface area contributed by atoms with Crippen molar-refractivity contribution in [3.05, 3.63) is 66.6 Å². The summed E-state index contributed by atoms with van der Waals surface area (Å²) in [4.78, 5) is 14.9. The minimum absolute atomic E-state index is 0.0521. The molecule has 142 valence electrons. The van der Waals surface area contributed by atoms with Crippen LogP contribution in [0.2, 0.25) is 0 Å². The van der Waals surface area contributed by atoms with Crippen molar-refractivity contribution in [3.8, 4) is 0 Å². The van der Waals surface area contributed by atoms with Crippen molar-refractivity contribution in [1.82, 2.24) is 5.32 Å². The maximum absolute atomic E-state index is 12.4. The van der Waals surface area contributed by atoms with Crippen molar-refractivity contribution in [3.63, 3.8) is 0 Å². The molecule has 0 saturated heterocycles. The van der Waals surface area contributed by atoms with Gasteiger partial charge in [0.15, 0.2) is 11.8 Å². The number of rotatable bonds is 9. The number of nitrogens with one attached hydrogen (secondary N) is 2. The average Bonchev–Trinajstić information content (AvgIpc) is 3.24. The van der Waals surface area contributed by atoms with Crippen molar-refractivity contribution in [2.24, 2.45) is 0 Å². The molecule has 0 bridgehead atoms. The highest BCUT2D eigenvalue weighted by Gasteiger charge is 2.24.